The summed E-state index contributed by atoms with van der Waals surface area (Å²) in [6.45, 7) is 4.44. The van der Waals surface area contributed by atoms with Gasteiger partial charge in [-0.3, -0.25) is 0 Å². The molecule has 0 radical (unpaired) electrons. The van der Waals surface area contributed by atoms with E-state index < -0.39 is 0 Å². The van der Waals surface area contributed by atoms with Crippen LogP contribution in [-0.4, -0.2) is 18.1 Å². The number of hydrogen-bond donors (Lipinski definition) is 1. The third-order valence-electron chi connectivity index (χ3n) is 4.34. The van der Waals surface area contributed by atoms with Crippen LogP contribution in [0.5, 0.6) is 0 Å². The van der Waals surface area contributed by atoms with Crippen LogP contribution >= 0.6 is 12.2 Å². The van der Waals surface area contributed by atoms with Crippen molar-refractivity contribution in [2.24, 2.45) is 11.7 Å². The molecule has 0 spiro atoms. The van der Waals surface area contributed by atoms with Gasteiger partial charge in [0.05, 0.1) is 0 Å². The van der Waals surface area contributed by atoms with E-state index in [0.29, 0.717) is 11.0 Å². The summed E-state index contributed by atoms with van der Waals surface area (Å²) < 4.78 is 0. The van der Waals surface area contributed by atoms with E-state index in [1.54, 1.807) is 0 Å². The number of nitrogens with two attached hydrogens (primary N) is 1. The minimum atomic E-state index is 0.484. The molecule has 0 saturated heterocycles. The molecule has 1 aromatic carbocycles. The van der Waals surface area contributed by atoms with Gasteiger partial charge in [-0.05, 0) is 49.4 Å². The first kappa shape index (κ1) is 14.3. The minimum Gasteiger partial charge on any atom is -0.389 e. The van der Waals surface area contributed by atoms with Crippen LogP contribution in [0.15, 0.2) is 18.2 Å². The molecular weight excluding hydrogens is 252 g/mol. The standard InChI is InChI=1S/C16H24N2S/c1-11-5-4-6-13(9-11)18(3)14-7-8-15(16(17)19)12(2)10-14/h7-8,10-11,13H,4-6,9H2,1-3H3,(H2,17,19). The fourth-order valence-electron chi connectivity index (χ4n) is 3.11. The Balaban J connectivity index is 2.17. The number of thiocarbonyl (C=S) groups is 1. The lowest BCUT2D eigenvalue weighted by molar-refractivity contribution is 0.336. The van der Waals surface area contributed by atoms with Gasteiger partial charge in [0.1, 0.15) is 4.99 Å². The first-order chi connectivity index (χ1) is 8.99. The van der Waals surface area contributed by atoms with Gasteiger partial charge in [0.25, 0.3) is 0 Å². The van der Waals surface area contributed by atoms with Gasteiger partial charge in [-0.2, -0.15) is 0 Å². The zero-order valence-corrected chi connectivity index (χ0v) is 13.0. The first-order valence-electron chi connectivity index (χ1n) is 7.12. The van der Waals surface area contributed by atoms with Crippen molar-refractivity contribution in [2.75, 3.05) is 11.9 Å². The third kappa shape index (κ3) is 3.27. The highest BCUT2D eigenvalue weighted by Gasteiger charge is 2.22. The highest BCUT2D eigenvalue weighted by atomic mass is 32.1. The summed E-state index contributed by atoms with van der Waals surface area (Å²) >= 11 is 5.06. The molecule has 2 N–H and O–H groups in total. The molecule has 0 bridgehead atoms. The first-order valence-corrected chi connectivity index (χ1v) is 7.53. The fraction of sp³-hybridized carbons (Fsp3) is 0.562. The van der Waals surface area contributed by atoms with E-state index in [2.05, 4.69) is 44.0 Å². The second-order valence-electron chi connectivity index (χ2n) is 5.90. The van der Waals surface area contributed by atoms with Crippen molar-refractivity contribution in [1.82, 2.24) is 0 Å². The van der Waals surface area contributed by atoms with Crippen LogP contribution in [0, 0.1) is 12.8 Å². The van der Waals surface area contributed by atoms with Crippen molar-refractivity contribution in [3.63, 3.8) is 0 Å². The molecule has 19 heavy (non-hydrogen) atoms. The van der Waals surface area contributed by atoms with Crippen molar-refractivity contribution in [1.29, 1.82) is 0 Å². The number of anilines is 1. The molecule has 2 rings (SSSR count). The SMILES string of the molecule is Cc1cc(N(C)C2CCCC(C)C2)ccc1C(N)=S. The summed E-state index contributed by atoms with van der Waals surface area (Å²) in [4.78, 5) is 2.91. The van der Waals surface area contributed by atoms with E-state index >= 15 is 0 Å². The molecule has 1 fully saturated rings. The maximum Gasteiger partial charge on any atom is 0.104 e. The zero-order chi connectivity index (χ0) is 14.0. The Hall–Kier alpha value is -1.09. The number of rotatable bonds is 3. The lowest BCUT2D eigenvalue weighted by atomic mass is 9.86. The van der Waals surface area contributed by atoms with Gasteiger partial charge in [0.2, 0.25) is 0 Å². The highest BCUT2D eigenvalue weighted by molar-refractivity contribution is 7.80. The van der Waals surface area contributed by atoms with E-state index in [0.717, 1.165) is 11.5 Å². The smallest absolute Gasteiger partial charge is 0.104 e. The van der Waals surface area contributed by atoms with E-state index in [1.807, 2.05) is 0 Å². The molecule has 1 saturated carbocycles. The second-order valence-corrected chi connectivity index (χ2v) is 6.34. The van der Waals surface area contributed by atoms with Crippen LogP contribution < -0.4 is 10.6 Å². The lowest BCUT2D eigenvalue weighted by Crippen LogP contribution is -2.35. The molecule has 104 valence electrons. The molecule has 2 atom stereocenters. The summed E-state index contributed by atoms with van der Waals surface area (Å²) in [5, 5.41) is 0. The Morgan fingerprint density at radius 2 is 2.11 bits per heavy atom. The predicted octanol–water partition coefficient (Wildman–Crippen LogP) is 3.64. The maximum atomic E-state index is 5.72. The molecule has 2 unspecified atom stereocenters. The van der Waals surface area contributed by atoms with Crippen LogP contribution in [0.25, 0.3) is 0 Å². The third-order valence-corrected chi connectivity index (χ3v) is 4.56. The monoisotopic (exact) mass is 276 g/mol. The Morgan fingerprint density at radius 3 is 2.68 bits per heavy atom. The van der Waals surface area contributed by atoms with Crippen LogP contribution in [0.1, 0.15) is 43.7 Å². The van der Waals surface area contributed by atoms with Gasteiger partial charge in [0.15, 0.2) is 0 Å². The minimum absolute atomic E-state index is 0.484. The topological polar surface area (TPSA) is 29.3 Å². The summed E-state index contributed by atoms with van der Waals surface area (Å²) in [7, 11) is 2.21. The Labute approximate surface area is 122 Å². The van der Waals surface area contributed by atoms with Gasteiger partial charge in [-0.15, -0.1) is 0 Å². The summed E-state index contributed by atoms with van der Waals surface area (Å²) in [5.74, 6) is 0.846. The van der Waals surface area contributed by atoms with Crippen LogP contribution in [0.4, 0.5) is 5.69 Å². The van der Waals surface area contributed by atoms with Crippen molar-refractivity contribution in [2.45, 2.75) is 45.6 Å². The molecule has 0 aromatic heterocycles. The average molecular weight is 276 g/mol. The van der Waals surface area contributed by atoms with E-state index in [1.165, 1.54) is 36.9 Å². The second kappa shape index (κ2) is 5.91. The average Bonchev–Trinajstić information content (AvgIpc) is 2.37. The Morgan fingerprint density at radius 1 is 1.37 bits per heavy atom. The molecule has 1 aliphatic carbocycles. The van der Waals surface area contributed by atoms with Crippen LogP contribution in [0.2, 0.25) is 0 Å². The number of nitrogens with zero attached hydrogens (tertiary/aromatic N) is 1. The molecule has 0 aliphatic heterocycles. The highest BCUT2D eigenvalue weighted by Crippen LogP contribution is 2.30. The molecule has 1 aromatic rings. The largest absolute Gasteiger partial charge is 0.389 e. The molecule has 0 amide bonds. The number of aryl methyl sites for hydroxylation is 1. The Bertz CT molecular complexity index is 470. The molecule has 0 heterocycles. The van der Waals surface area contributed by atoms with Crippen LogP contribution in [-0.2, 0) is 0 Å². The normalized spacial score (nSPS) is 23.1. The number of benzene rings is 1. The Kier molecular flexibility index (Phi) is 4.46. The van der Waals surface area contributed by atoms with E-state index in [4.69, 9.17) is 18.0 Å². The van der Waals surface area contributed by atoms with Crippen molar-refractivity contribution in [3.8, 4) is 0 Å². The molecule has 3 heteroatoms. The van der Waals surface area contributed by atoms with Gasteiger partial charge in [0, 0.05) is 24.3 Å². The fourth-order valence-corrected chi connectivity index (χ4v) is 3.34. The van der Waals surface area contributed by atoms with Crippen molar-refractivity contribution in [3.05, 3.63) is 29.3 Å². The molecule has 1 aliphatic rings. The predicted molar refractivity (Wildman–Crippen MR) is 86.9 cm³/mol. The van der Waals surface area contributed by atoms with E-state index in [9.17, 15) is 0 Å². The van der Waals surface area contributed by atoms with E-state index in [-0.39, 0.29) is 0 Å². The lowest BCUT2D eigenvalue weighted by Gasteiger charge is -2.36. The summed E-state index contributed by atoms with van der Waals surface area (Å²) in [6, 6.07) is 7.06. The van der Waals surface area contributed by atoms with Gasteiger partial charge < -0.3 is 10.6 Å². The summed E-state index contributed by atoms with van der Waals surface area (Å²) in [5.41, 5.74) is 9.15. The van der Waals surface area contributed by atoms with Gasteiger partial charge >= 0.3 is 0 Å². The maximum absolute atomic E-state index is 5.72. The van der Waals surface area contributed by atoms with Crippen molar-refractivity contribution >= 4 is 22.9 Å². The van der Waals surface area contributed by atoms with Gasteiger partial charge in [-0.1, -0.05) is 32.0 Å². The summed E-state index contributed by atoms with van der Waals surface area (Å²) in [6.07, 6.45) is 5.33. The van der Waals surface area contributed by atoms with Crippen molar-refractivity contribution < 1.29 is 0 Å². The number of hydrogen-bond acceptors (Lipinski definition) is 2. The molecular formula is C16H24N2S. The van der Waals surface area contributed by atoms with Gasteiger partial charge in [-0.25, -0.2) is 0 Å². The van der Waals surface area contributed by atoms with Crippen LogP contribution in [0.3, 0.4) is 0 Å². The quantitative estimate of drug-likeness (QED) is 0.855. The molecule has 2 nitrogen and oxygen atoms in total. The zero-order valence-electron chi connectivity index (χ0n) is 12.1.